The van der Waals surface area contributed by atoms with Crippen molar-refractivity contribution in [2.45, 2.75) is 0 Å². The number of hydrogen-bond acceptors (Lipinski definition) is 4. The summed E-state index contributed by atoms with van der Waals surface area (Å²) in [4.78, 5) is 15.1. The minimum atomic E-state index is -1.20. The monoisotopic (exact) mass is 358 g/mol. The van der Waals surface area contributed by atoms with E-state index in [0.717, 1.165) is 0 Å². The zero-order valence-electron chi connectivity index (χ0n) is 12.7. The summed E-state index contributed by atoms with van der Waals surface area (Å²) in [6.45, 7) is 0. The topological polar surface area (TPSA) is 82.5 Å². The van der Waals surface area contributed by atoms with Gasteiger partial charge in [-0.2, -0.15) is 0 Å². The fraction of sp³-hybridized carbons (Fsp3) is 0. The predicted octanol–water partition coefficient (Wildman–Crippen LogP) is 4.69. The van der Waals surface area contributed by atoms with E-state index in [0.29, 0.717) is 22.5 Å². The average molecular weight is 359 g/mol. The second kappa shape index (κ2) is 6.78. The van der Waals surface area contributed by atoms with Crippen LogP contribution in [0.2, 0.25) is 5.02 Å². The second-order valence-corrected chi connectivity index (χ2v) is 5.66. The van der Waals surface area contributed by atoms with Gasteiger partial charge in [-0.05, 0) is 42.0 Å². The summed E-state index contributed by atoms with van der Waals surface area (Å²) in [5, 5.41) is 21.8. The molecule has 7 heteroatoms. The number of benzene rings is 2. The average Bonchev–Trinajstić information content (AvgIpc) is 2.58. The molecule has 0 unspecified atom stereocenters. The third-order valence-electron chi connectivity index (χ3n) is 3.51. The Bertz CT molecular complexity index is 963. The predicted molar refractivity (Wildman–Crippen MR) is 93.0 cm³/mol. The van der Waals surface area contributed by atoms with Gasteiger partial charge in [0.1, 0.15) is 17.1 Å². The molecule has 0 saturated heterocycles. The van der Waals surface area contributed by atoms with Crippen molar-refractivity contribution in [2.75, 3.05) is 5.32 Å². The molecule has 0 aliphatic carbocycles. The number of nitrogens with zero attached hydrogens (tertiary/aromatic N) is 1. The molecule has 3 N–H and O–H groups in total. The van der Waals surface area contributed by atoms with E-state index in [9.17, 15) is 14.3 Å². The number of carboxylic acid groups (broad SMARTS) is 1. The van der Waals surface area contributed by atoms with Gasteiger partial charge < -0.3 is 15.5 Å². The molecule has 0 bridgehead atoms. The minimum absolute atomic E-state index is 0.00305. The molecule has 3 aromatic rings. The van der Waals surface area contributed by atoms with Crippen LogP contribution in [0, 0.1) is 5.82 Å². The van der Waals surface area contributed by atoms with Crippen LogP contribution in [-0.2, 0) is 0 Å². The SMILES string of the molecule is O=C(O)c1ccc(-c2cncc(Nc3ccc(F)c(Cl)c3)c2)cc1O. The molecular formula is C18H12ClFN2O3. The minimum Gasteiger partial charge on any atom is -0.507 e. The van der Waals surface area contributed by atoms with Crippen molar-refractivity contribution in [3.8, 4) is 16.9 Å². The largest absolute Gasteiger partial charge is 0.507 e. The van der Waals surface area contributed by atoms with Crippen LogP contribution < -0.4 is 5.32 Å². The van der Waals surface area contributed by atoms with Crippen LogP contribution >= 0.6 is 11.6 Å². The molecule has 0 saturated carbocycles. The van der Waals surface area contributed by atoms with E-state index in [2.05, 4.69) is 10.3 Å². The highest BCUT2D eigenvalue weighted by Gasteiger charge is 2.11. The van der Waals surface area contributed by atoms with E-state index >= 15 is 0 Å². The highest BCUT2D eigenvalue weighted by atomic mass is 35.5. The van der Waals surface area contributed by atoms with Crippen molar-refractivity contribution in [1.29, 1.82) is 0 Å². The first kappa shape index (κ1) is 16.7. The Kier molecular flexibility index (Phi) is 4.54. The third kappa shape index (κ3) is 3.70. The van der Waals surface area contributed by atoms with Gasteiger partial charge in [0.2, 0.25) is 0 Å². The number of pyridine rings is 1. The van der Waals surface area contributed by atoms with Crippen molar-refractivity contribution >= 4 is 28.9 Å². The molecule has 0 amide bonds. The second-order valence-electron chi connectivity index (χ2n) is 5.25. The molecule has 5 nitrogen and oxygen atoms in total. The normalized spacial score (nSPS) is 10.5. The molecule has 0 radical (unpaired) electrons. The summed E-state index contributed by atoms with van der Waals surface area (Å²) >= 11 is 5.76. The fourth-order valence-corrected chi connectivity index (χ4v) is 2.48. The lowest BCUT2D eigenvalue weighted by atomic mass is 10.0. The van der Waals surface area contributed by atoms with Gasteiger partial charge in [0.15, 0.2) is 0 Å². The Balaban J connectivity index is 1.90. The zero-order valence-corrected chi connectivity index (χ0v) is 13.5. The van der Waals surface area contributed by atoms with Gasteiger partial charge in [-0.3, -0.25) is 4.98 Å². The number of aromatic carboxylic acids is 1. The first-order valence-corrected chi connectivity index (χ1v) is 7.55. The van der Waals surface area contributed by atoms with Gasteiger partial charge in [0.25, 0.3) is 0 Å². The Labute approximate surface area is 147 Å². The maximum Gasteiger partial charge on any atom is 0.339 e. The number of hydrogen-bond donors (Lipinski definition) is 3. The molecule has 3 rings (SSSR count). The summed E-state index contributed by atoms with van der Waals surface area (Å²) in [6, 6.07) is 10.3. The molecule has 2 aromatic carbocycles. The number of phenols is 1. The first-order chi connectivity index (χ1) is 11.9. The number of carboxylic acids is 1. The summed E-state index contributed by atoms with van der Waals surface area (Å²) in [5.41, 5.74) is 2.32. The Morgan fingerprint density at radius 3 is 2.52 bits per heavy atom. The van der Waals surface area contributed by atoms with E-state index < -0.39 is 11.8 Å². The smallest absolute Gasteiger partial charge is 0.339 e. The molecule has 0 spiro atoms. The molecule has 1 heterocycles. The van der Waals surface area contributed by atoms with Gasteiger partial charge in [-0.25, -0.2) is 9.18 Å². The lowest BCUT2D eigenvalue weighted by molar-refractivity contribution is 0.0694. The van der Waals surface area contributed by atoms with Crippen molar-refractivity contribution in [3.05, 3.63) is 71.3 Å². The van der Waals surface area contributed by atoms with Gasteiger partial charge in [-0.1, -0.05) is 17.7 Å². The maximum absolute atomic E-state index is 13.2. The van der Waals surface area contributed by atoms with Gasteiger partial charge in [0, 0.05) is 17.4 Å². The van der Waals surface area contributed by atoms with Crippen LogP contribution in [0.4, 0.5) is 15.8 Å². The Morgan fingerprint density at radius 2 is 1.84 bits per heavy atom. The van der Waals surface area contributed by atoms with Crippen molar-refractivity contribution in [3.63, 3.8) is 0 Å². The van der Waals surface area contributed by atoms with Crippen molar-refractivity contribution < 1.29 is 19.4 Å². The van der Waals surface area contributed by atoms with E-state index in [-0.39, 0.29) is 16.3 Å². The zero-order chi connectivity index (χ0) is 18.0. The highest BCUT2D eigenvalue weighted by molar-refractivity contribution is 6.31. The molecule has 0 aliphatic heterocycles. The fourth-order valence-electron chi connectivity index (χ4n) is 2.30. The van der Waals surface area contributed by atoms with Crippen molar-refractivity contribution in [2.24, 2.45) is 0 Å². The van der Waals surface area contributed by atoms with Crippen LogP contribution in [0.15, 0.2) is 54.9 Å². The lowest BCUT2D eigenvalue weighted by Crippen LogP contribution is -1.97. The number of aromatic nitrogens is 1. The summed E-state index contributed by atoms with van der Waals surface area (Å²) in [6.07, 6.45) is 3.16. The lowest BCUT2D eigenvalue weighted by Gasteiger charge is -2.09. The Morgan fingerprint density at radius 1 is 1.04 bits per heavy atom. The first-order valence-electron chi connectivity index (χ1n) is 7.18. The van der Waals surface area contributed by atoms with E-state index in [1.807, 2.05) is 0 Å². The third-order valence-corrected chi connectivity index (χ3v) is 3.80. The van der Waals surface area contributed by atoms with Crippen LogP contribution in [0.25, 0.3) is 11.1 Å². The summed E-state index contributed by atoms with van der Waals surface area (Å²) in [5.74, 6) is -2.03. The standard InChI is InChI=1S/C18H12ClFN2O3/c19-15-7-12(2-4-16(15)20)22-13-5-11(8-21-9-13)10-1-3-14(18(24)25)17(23)6-10/h1-9,22-23H,(H,24,25). The summed E-state index contributed by atoms with van der Waals surface area (Å²) < 4.78 is 13.2. The van der Waals surface area contributed by atoms with Crippen LogP contribution in [-0.4, -0.2) is 21.2 Å². The molecule has 0 fully saturated rings. The maximum atomic E-state index is 13.2. The molecule has 1 aromatic heterocycles. The molecule has 126 valence electrons. The molecule has 0 aliphatic rings. The van der Waals surface area contributed by atoms with Gasteiger partial charge in [0.05, 0.1) is 16.9 Å². The molecule has 0 atom stereocenters. The highest BCUT2D eigenvalue weighted by Crippen LogP contribution is 2.29. The van der Waals surface area contributed by atoms with Crippen LogP contribution in [0.1, 0.15) is 10.4 Å². The van der Waals surface area contributed by atoms with Gasteiger partial charge >= 0.3 is 5.97 Å². The number of rotatable bonds is 4. The summed E-state index contributed by atoms with van der Waals surface area (Å²) in [7, 11) is 0. The van der Waals surface area contributed by atoms with E-state index in [1.54, 1.807) is 30.6 Å². The van der Waals surface area contributed by atoms with Crippen LogP contribution in [0.5, 0.6) is 5.75 Å². The van der Waals surface area contributed by atoms with Crippen LogP contribution in [0.3, 0.4) is 0 Å². The number of anilines is 2. The number of halogens is 2. The molecular weight excluding hydrogens is 347 g/mol. The number of aromatic hydroxyl groups is 1. The Hall–Kier alpha value is -3.12. The number of carbonyl (C=O) groups is 1. The quantitative estimate of drug-likeness (QED) is 0.630. The molecule has 25 heavy (non-hydrogen) atoms. The van der Waals surface area contributed by atoms with E-state index in [1.165, 1.54) is 24.3 Å². The van der Waals surface area contributed by atoms with Crippen molar-refractivity contribution in [1.82, 2.24) is 4.98 Å². The number of nitrogens with one attached hydrogen (secondary N) is 1. The van der Waals surface area contributed by atoms with E-state index in [4.69, 9.17) is 16.7 Å². The van der Waals surface area contributed by atoms with Gasteiger partial charge in [-0.15, -0.1) is 0 Å².